The molecule has 6 nitrogen and oxygen atoms in total. The minimum Gasteiger partial charge on any atom is -0.472 e. The van der Waals surface area contributed by atoms with Crippen molar-refractivity contribution in [3.8, 4) is 11.0 Å². The molecule has 1 unspecified atom stereocenters. The molecule has 1 saturated heterocycles. The number of aryl methyl sites for hydroxylation is 1. The van der Waals surface area contributed by atoms with Gasteiger partial charge in [0.2, 0.25) is 5.88 Å². The van der Waals surface area contributed by atoms with Crippen molar-refractivity contribution in [3.63, 3.8) is 0 Å². The van der Waals surface area contributed by atoms with E-state index in [0.717, 1.165) is 18.3 Å². The van der Waals surface area contributed by atoms with Crippen LogP contribution in [0.4, 0.5) is 13.2 Å². The minimum absolute atomic E-state index is 0.0945. The van der Waals surface area contributed by atoms with E-state index in [2.05, 4.69) is 9.97 Å². The van der Waals surface area contributed by atoms with Crippen molar-refractivity contribution in [2.24, 2.45) is 0 Å². The molecule has 10 heteroatoms. The number of nitrogens with zero attached hydrogens (tertiary/aromatic N) is 4. The number of thiazole rings is 1. The van der Waals surface area contributed by atoms with Crippen LogP contribution in [0.1, 0.15) is 27.3 Å². The van der Waals surface area contributed by atoms with E-state index in [0.29, 0.717) is 28.7 Å². The molecule has 0 aromatic carbocycles. The normalized spacial score (nSPS) is 17.0. The molecule has 0 saturated carbocycles. The van der Waals surface area contributed by atoms with Gasteiger partial charge in [-0.1, -0.05) is 11.3 Å². The van der Waals surface area contributed by atoms with Gasteiger partial charge in [0.15, 0.2) is 5.13 Å². The first kappa shape index (κ1) is 19.4. The second-order valence-electron chi connectivity index (χ2n) is 6.66. The fourth-order valence-corrected chi connectivity index (χ4v) is 4.13. The highest BCUT2D eigenvalue weighted by molar-refractivity contribution is 7.16. The van der Waals surface area contributed by atoms with Crippen LogP contribution in [0.15, 0.2) is 42.9 Å². The number of carbonyl (C=O) groups is 1. The SMILES string of the molecule is Cc1nc(-n2cccc2)sc1C(=O)N1CCC(Oc2cc(C(F)(F)F)ccn2)C1. The largest absolute Gasteiger partial charge is 0.472 e. The second kappa shape index (κ2) is 7.51. The number of likely N-dealkylation sites (tertiary alicyclic amines) is 1. The van der Waals surface area contributed by atoms with Crippen LogP contribution in [0.2, 0.25) is 0 Å². The summed E-state index contributed by atoms with van der Waals surface area (Å²) < 4.78 is 45.9. The first-order chi connectivity index (χ1) is 13.8. The summed E-state index contributed by atoms with van der Waals surface area (Å²) in [4.78, 5) is 23.4. The van der Waals surface area contributed by atoms with E-state index in [1.165, 1.54) is 11.3 Å². The van der Waals surface area contributed by atoms with E-state index in [1.54, 1.807) is 11.8 Å². The zero-order valence-electron chi connectivity index (χ0n) is 15.4. The summed E-state index contributed by atoms with van der Waals surface area (Å²) in [5.41, 5.74) is -0.168. The van der Waals surface area contributed by atoms with Crippen molar-refractivity contribution in [2.75, 3.05) is 13.1 Å². The third-order valence-electron chi connectivity index (χ3n) is 4.59. The lowest BCUT2D eigenvalue weighted by molar-refractivity contribution is -0.137. The van der Waals surface area contributed by atoms with Gasteiger partial charge in [-0.25, -0.2) is 9.97 Å². The Hall–Kier alpha value is -2.88. The van der Waals surface area contributed by atoms with Crippen molar-refractivity contribution in [3.05, 3.63) is 59.0 Å². The van der Waals surface area contributed by atoms with E-state index in [1.807, 2.05) is 29.1 Å². The highest BCUT2D eigenvalue weighted by atomic mass is 32.1. The molecule has 152 valence electrons. The van der Waals surface area contributed by atoms with Crippen molar-refractivity contribution >= 4 is 17.2 Å². The average molecular weight is 422 g/mol. The predicted octanol–water partition coefficient (Wildman–Crippen LogP) is 3.95. The number of ether oxygens (including phenoxy) is 1. The lowest BCUT2D eigenvalue weighted by atomic mass is 10.2. The molecule has 3 aromatic rings. The maximum Gasteiger partial charge on any atom is 0.416 e. The highest BCUT2D eigenvalue weighted by Crippen LogP contribution is 2.31. The maximum atomic E-state index is 12.9. The van der Waals surface area contributed by atoms with Gasteiger partial charge in [-0.05, 0) is 25.1 Å². The molecule has 1 fully saturated rings. The van der Waals surface area contributed by atoms with Crippen LogP contribution < -0.4 is 4.74 Å². The number of carbonyl (C=O) groups excluding carboxylic acids is 1. The fraction of sp³-hybridized carbons (Fsp3) is 0.316. The topological polar surface area (TPSA) is 60.2 Å². The Morgan fingerprint density at radius 3 is 2.79 bits per heavy atom. The van der Waals surface area contributed by atoms with E-state index in [9.17, 15) is 18.0 Å². The molecule has 0 N–H and O–H groups in total. The van der Waals surface area contributed by atoms with E-state index < -0.39 is 17.8 Å². The molecular formula is C19H17F3N4O2S. The molecule has 3 aromatic heterocycles. The van der Waals surface area contributed by atoms with Crippen molar-refractivity contribution in [1.29, 1.82) is 0 Å². The van der Waals surface area contributed by atoms with Gasteiger partial charge in [0.1, 0.15) is 11.0 Å². The summed E-state index contributed by atoms with van der Waals surface area (Å²) in [5, 5.41) is 0.705. The Kier molecular flexibility index (Phi) is 5.03. The van der Waals surface area contributed by atoms with Gasteiger partial charge < -0.3 is 14.2 Å². The zero-order valence-corrected chi connectivity index (χ0v) is 16.2. The third-order valence-corrected chi connectivity index (χ3v) is 5.75. The van der Waals surface area contributed by atoms with Gasteiger partial charge in [-0.2, -0.15) is 13.2 Å². The quantitative estimate of drug-likeness (QED) is 0.639. The van der Waals surface area contributed by atoms with E-state index in [-0.39, 0.29) is 18.3 Å². The number of amides is 1. The van der Waals surface area contributed by atoms with Crippen LogP contribution in [-0.4, -0.2) is 44.5 Å². The Bertz CT molecular complexity index is 1020. The number of aromatic nitrogens is 3. The molecule has 4 heterocycles. The summed E-state index contributed by atoms with van der Waals surface area (Å²) in [7, 11) is 0. The molecule has 1 atom stereocenters. The average Bonchev–Trinajstić information content (AvgIpc) is 3.41. The molecule has 4 rings (SSSR count). The monoisotopic (exact) mass is 422 g/mol. The number of halogens is 3. The first-order valence-corrected chi connectivity index (χ1v) is 9.73. The van der Waals surface area contributed by atoms with Gasteiger partial charge >= 0.3 is 6.18 Å². The second-order valence-corrected chi connectivity index (χ2v) is 7.64. The van der Waals surface area contributed by atoms with Crippen molar-refractivity contribution < 1.29 is 22.7 Å². The van der Waals surface area contributed by atoms with Crippen LogP contribution in [0, 0.1) is 6.92 Å². The zero-order chi connectivity index (χ0) is 20.6. The Morgan fingerprint density at radius 2 is 2.07 bits per heavy atom. The smallest absolute Gasteiger partial charge is 0.416 e. The summed E-state index contributed by atoms with van der Waals surface area (Å²) in [6.07, 6.45) is 0.431. The molecule has 29 heavy (non-hydrogen) atoms. The molecule has 1 aliphatic heterocycles. The van der Waals surface area contributed by atoms with Gasteiger partial charge in [-0.15, -0.1) is 0 Å². The van der Waals surface area contributed by atoms with E-state index in [4.69, 9.17) is 4.74 Å². The number of rotatable bonds is 4. The van der Waals surface area contributed by atoms with Gasteiger partial charge in [0.05, 0.1) is 17.8 Å². The van der Waals surface area contributed by atoms with Gasteiger partial charge in [0, 0.05) is 37.6 Å². The van der Waals surface area contributed by atoms with Crippen molar-refractivity contribution in [2.45, 2.75) is 25.6 Å². The lowest BCUT2D eigenvalue weighted by Crippen LogP contribution is -2.31. The van der Waals surface area contributed by atoms with Crippen LogP contribution in [0.25, 0.3) is 5.13 Å². The molecule has 0 aliphatic carbocycles. The summed E-state index contributed by atoms with van der Waals surface area (Å²) in [6.45, 7) is 2.53. The Balaban J connectivity index is 1.43. The van der Waals surface area contributed by atoms with Crippen molar-refractivity contribution in [1.82, 2.24) is 19.4 Å². The van der Waals surface area contributed by atoms with Gasteiger partial charge in [0.25, 0.3) is 5.91 Å². The Labute approximate surface area is 168 Å². The fourth-order valence-electron chi connectivity index (χ4n) is 3.13. The minimum atomic E-state index is -4.46. The van der Waals surface area contributed by atoms with Crippen LogP contribution in [0.5, 0.6) is 5.88 Å². The number of alkyl halides is 3. The molecule has 0 spiro atoms. The molecule has 0 radical (unpaired) electrons. The lowest BCUT2D eigenvalue weighted by Gasteiger charge is -2.17. The van der Waals surface area contributed by atoms with Crippen LogP contribution in [0.3, 0.4) is 0 Å². The molecular weight excluding hydrogens is 405 g/mol. The summed E-state index contributed by atoms with van der Waals surface area (Å²) in [5.74, 6) is -0.246. The summed E-state index contributed by atoms with van der Waals surface area (Å²) >= 11 is 1.30. The predicted molar refractivity (Wildman–Crippen MR) is 100 cm³/mol. The number of hydrogen-bond donors (Lipinski definition) is 0. The van der Waals surface area contributed by atoms with Crippen LogP contribution >= 0.6 is 11.3 Å². The Morgan fingerprint density at radius 1 is 1.31 bits per heavy atom. The molecule has 0 bridgehead atoms. The number of pyridine rings is 1. The molecule has 1 amide bonds. The van der Waals surface area contributed by atoms with Crippen LogP contribution in [-0.2, 0) is 6.18 Å². The highest BCUT2D eigenvalue weighted by Gasteiger charge is 2.33. The number of hydrogen-bond acceptors (Lipinski definition) is 5. The standard InChI is InChI=1S/C19H17F3N4O2S/c1-12-16(29-18(24-12)25-7-2-3-8-25)17(27)26-9-5-14(11-26)28-15-10-13(4-6-23-15)19(20,21)22/h2-4,6-8,10,14H,5,9,11H2,1H3. The van der Waals surface area contributed by atoms with Gasteiger partial charge in [-0.3, -0.25) is 4.79 Å². The van der Waals surface area contributed by atoms with E-state index >= 15 is 0 Å². The molecule has 1 aliphatic rings. The maximum absolute atomic E-state index is 12.9. The third kappa shape index (κ3) is 4.12. The first-order valence-electron chi connectivity index (χ1n) is 8.91. The summed E-state index contributed by atoms with van der Waals surface area (Å²) in [6, 6.07) is 5.53.